The quantitative estimate of drug-likeness (QED) is 0.568. The normalized spacial score (nSPS) is 13.7. The van der Waals surface area contributed by atoms with Gasteiger partial charge in [-0.05, 0) is 48.9 Å². The number of hydrogen-bond acceptors (Lipinski definition) is 5. The molecule has 0 bridgehead atoms. The van der Waals surface area contributed by atoms with Gasteiger partial charge in [0.1, 0.15) is 0 Å². The molecule has 150 valence electrons. The molecule has 0 spiro atoms. The molecule has 7 heteroatoms. The van der Waals surface area contributed by atoms with Gasteiger partial charge in [0.05, 0.1) is 5.75 Å². The number of carbonyl (C=O) groups excluding carboxylic acids is 1. The molecule has 3 aromatic rings. The third kappa shape index (κ3) is 4.34. The number of pyridine rings is 1. The summed E-state index contributed by atoms with van der Waals surface area (Å²) in [6, 6.07) is 10.4. The van der Waals surface area contributed by atoms with Crippen molar-refractivity contribution in [2.75, 3.05) is 11.1 Å². The van der Waals surface area contributed by atoms with E-state index in [1.54, 1.807) is 12.4 Å². The molecule has 0 unspecified atom stereocenters. The standard InChI is InChI=1S/C22H25N5OS/c1-14(2)18-8-4-6-15(3)20(18)24-19(28)13-29-22-26-25-21(27(22)17-9-10-17)16-7-5-11-23-12-16/h4-8,11-12,14,17H,9-10,13H2,1-3H3,(H,24,28). The summed E-state index contributed by atoms with van der Waals surface area (Å²) >= 11 is 1.44. The highest BCUT2D eigenvalue weighted by atomic mass is 32.2. The average molecular weight is 408 g/mol. The van der Waals surface area contributed by atoms with Crippen molar-refractivity contribution in [3.63, 3.8) is 0 Å². The van der Waals surface area contributed by atoms with Gasteiger partial charge in [-0.15, -0.1) is 10.2 Å². The lowest BCUT2D eigenvalue weighted by atomic mass is 9.98. The Morgan fingerprint density at radius 3 is 2.76 bits per heavy atom. The fourth-order valence-corrected chi connectivity index (χ4v) is 4.18. The minimum atomic E-state index is -0.0283. The highest BCUT2D eigenvalue weighted by molar-refractivity contribution is 7.99. The second kappa shape index (κ2) is 8.37. The van der Waals surface area contributed by atoms with E-state index in [9.17, 15) is 4.79 Å². The maximum absolute atomic E-state index is 12.7. The Hall–Kier alpha value is -2.67. The van der Waals surface area contributed by atoms with Gasteiger partial charge in [-0.25, -0.2) is 0 Å². The topological polar surface area (TPSA) is 72.7 Å². The molecule has 1 aliphatic rings. The van der Waals surface area contributed by atoms with Crippen LogP contribution in [0.5, 0.6) is 0 Å². The number of benzene rings is 1. The number of amides is 1. The van der Waals surface area contributed by atoms with E-state index in [2.05, 4.69) is 45.0 Å². The van der Waals surface area contributed by atoms with Gasteiger partial charge in [0.15, 0.2) is 11.0 Å². The number of para-hydroxylation sites is 1. The molecule has 1 saturated carbocycles. The largest absolute Gasteiger partial charge is 0.325 e. The Morgan fingerprint density at radius 2 is 2.07 bits per heavy atom. The molecule has 29 heavy (non-hydrogen) atoms. The molecular formula is C22H25N5OS. The van der Waals surface area contributed by atoms with Crippen LogP contribution < -0.4 is 5.32 Å². The first-order chi connectivity index (χ1) is 14.0. The van der Waals surface area contributed by atoms with Crippen molar-refractivity contribution in [3.8, 4) is 11.4 Å². The zero-order valence-electron chi connectivity index (χ0n) is 16.9. The molecule has 4 rings (SSSR count). The van der Waals surface area contributed by atoms with Crippen molar-refractivity contribution in [1.29, 1.82) is 0 Å². The van der Waals surface area contributed by atoms with Crippen LogP contribution in [0.1, 0.15) is 49.8 Å². The van der Waals surface area contributed by atoms with Gasteiger partial charge in [0, 0.05) is 29.7 Å². The van der Waals surface area contributed by atoms with Gasteiger partial charge in [-0.2, -0.15) is 0 Å². The number of anilines is 1. The minimum Gasteiger partial charge on any atom is -0.325 e. The van der Waals surface area contributed by atoms with Gasteiger partial charge in [0.25, 0.3) is 0 Å². The first-order valence-corrected chi connectivity index (χ1v) is 10.9. The molecule has 0 atom stereocenters. The predicted octanol–water partition coefficient (Wildman–Crippen LogP) is 4.84. The number of rotatable bonds is 7. The van der Waals surface area contributed by atoms with Gasteiger partial charge in [0.2, 0.25) is 5.91 Å². The Balaban J connectivity index is 1.49. The third-order valence-corrected chi connectivity index (χ3v) is 5.96. The van der Waals surface area contributed by atoms with Crippen molar-refractivity contribution >= 4 is 23.4 Å². The zero-order chi connectivity index (χ0) is 20.4. The summed E-state index contributed by atoms with van der Waals surface area (Å²) in [6.45, 7) is 6.30. The smallest absolute Gasteiger partial charge is 0.234 e. The van der Waals surface area contributed by atoms with E-state index in [-0.39, 0.29) is 5.91 Å². The minimum absolute atomic E-state index is 0.0283. The molecule has 6 nitrogen and oxygen atoms in total. The number of hydrogen-bond donors (Lipinski definition) is 1. The van der Waals surface area contributed by atoms with E-state index in [1.165, 1.54) is 11.8 Å². The van der Waals surface area contributed by atoms with Crippen LogP contribution in [0.25, 0.3) is 11.4 Å². The number of aryl methyl sites for hydroxylation is 1. The van der Waals surface area contributed by atoms with Crippen molar-refractivity contribution in [1.82, 2.24) is 19.7 Å². The summed E-state index contributed by atoms with van der Waals surface area (Å²) in [5, 5.41) is 12.6. The molecule has 2 heterocycles. The van der Waals surface area contributed by atoms with Crippen LogP contribution in [0.4, 0.5) is 5.69 Å². The summed E-state index contributed by atoms with van der Waals surface area (Å²) in [5.41, 5.74) is 4.11. The lowest BCUT2D eigenvalue weighted by Crippen LogP contribution is -2.17. The lowest BCUT2D eigenvalue weighted by Gasteiger charge is -2.16. The number of thioether (sulfide) groups is 1. The molecule has 1 fully saturated rings. The second-order valence-corrected chi connectivity index (χ2v) is 8.62. The lowest BCUT2D eigenvalue weighted by molar-refractivity contribution is -0.113. The van der Waals surface area contributed by atoms with Crippen molar-refractivity contribution in [3.05, 3.63) is 53.9 Å². The molecule has 0 aliphatic heterocycles. The van der Waals surface area contributed by atoms with E-state index in [4.69, 9.17) is 0 Å². The van der Waals surface area contributed by atoms with E-state index in [1.807, 2.05) is 31.2 Å². The van der Waals surface area contributed by atoms with Crippen LogP contribution in [0.15, 0.2) is 47.9 Å². The first-order valence-electron chi connectivity index (χ1n) is 9.92. The van der Waals surface area contributed by atoms with Gasteiger partial charge >= 0.3 is 0 Å². The van der Waals surface area contributed by atoms with E-state index in [0.29, 0.717) is 17.7 Å². The number of carbonyl (C=O) groups is 1. The first kappa shape index (κ1) is 19.6. The molecule has 2 aromatic heterocycles. The van der Waals surface area contributed by atoms with Gasteiger partial charge in [-0.3, -0.25) is 14.3 Å². The average Bonchev–Trinajstić information content (AvgIpc) is 3.47. The highest BCUT2D eigenvalue weighted by Crippen LogP contribution is 2.41. The molecule has 1 aromatic carbocycles. The summed E-state index contributed by atoms with van der Waals surface area (Å²) in [5.74, 6) is 1.44. The van der Waals surface area contributed by atoms with Gasteiger partial charge in [-0.1, -0.05) is 43.8 Å². The summed E-state index contributed by atoms with van der Waals surface area (Å²) in [7, 11) is 0. The number of nitrogens with one attached hydrogen (secondary N) is 1. The van der Waals surface area contributed by atoms with Crippen LogP contribution in [0.3, 0.4) is 0 Å². The van der Waals surface area contributed by atoms with Crippen LogP contribution in [0.2, 0.25) is 0 Å². The summed E-state index contributed by atoms with van der Waals surface area (Å²) in [6.07, 6.45) is 5.78. The van der Waals surface area contributed by atoms with Gasteiger partial charge < -0.3 is 5.32 Å². The summed E-state index contributed by atoms with van der Waals surface area (Å²) in [4.78, 5) is 16.9. The third-order valence-electron chi connectivity index (χ3n) is 5.02. The van der Waals surface area contributed by atoms with Crippen molar-refractivity contribution in [2.45, 2.75) is 50.7 Å². The van der Waals surface area contributed by atoms with Crippen molar-refractivity contribution < 1.29 is 4.79 Å². The Labute approximate surface area is 175 Å². The SMILES string of the molecule is Cc1cccc(C(C)C)c1NC(=O)CSc1nnc(-c2cccnc2)n1C1CC1. The monoisotopic (exact) mass is 407 g/mol. The van der Waals surface area contributed by atoms with Crippen molar-refractivity contribution in [2.24, 2.45) is 0 Å². The molecule has 0 radical (unpaired) electrons. The molecule has 1 amide bonds. The van der Waals surface area contributed by atoms with E-state index < -0.39 is 0 Å². The van der Waals surface area contributed by atoms with Crippen LogP contribution in [-0.2, 0) is 4.79 Å². The zero-order valence-corrected chi connectivity index (χ0v) is 17.7. The Bertz CT molecular complexity index is 1010. The predicted molar refractivity (Wildman–Crippen MR) is 116 cm³/mol. The fraction of sp³-hybridized carbons (Fsp3) is 0.364. The Kier molecular flexibility index (Phi) is 5.67. The van der Waals surface area contributed by atoms with Crippen LogP contribution >= 0.6 is 11.8 Å². The highest BCUT2D eigenvalue weighted by Gasteiger charge is 2.30. The number of aromatic nitrogens is 4. The van der Waals surface area contributed by atoms with E-state index in [0.717, 1.165) is 46.2 Å². The van der Waals surface area contributed by atoms with Crippen LogP contribution in [-0.4, -0.2) is 31.4 Å². The molecule has 1 aliphatic carbocycles. The van der Waals surface area contributed by atoms with Crippen LogP contribution in [0, 0.1) is 6.92 Å². The molecular weight excluding hydrogens is 382 g/mol. The molecule has 1 N–H and O–H groups in total. The second-order valence-electron chi connectivity index (χ2n) is 7.68. The van der Waals surface area contributed by atoms with E-state index >= 15 is 0 Å². The Morgan fingerprint density at radius 1 is 1.24 bits per heavy atom. The fourth-order valence-electron chi connectivity index (χ4n) is 3.38. The number of nitrogens with zero attached hydrogens (tertiary/aromatic N) is 4. The maximum Gasteiger partial charge on any atom is 0.234 e. The maximum atomic E-state index is 12.7. The molecule has 0 saturated heterocycles. The summed E-state index contributed by atoms with van der Waals surface area (Å²) < 4.78 is 2.16.